The first-order chi connectivity index (χ1) is 20.5. The zero-order valence-electron chi connectivity index (χ0n) is 25.7. The zero-order chi connectivity index (χ0) is 35.9. The SMILES string of the molecule is CC([Si]1(C)O[SiH](C)O[SiH]O[SiH](C)O[SiH](C)O1)[Si](C)(C)c1cccc(N(C)C(=O)C(F)(OC(F)(F)C(F)(F)C(F)(F)F)C(F)(F)F)c1. The third kappa shape index (κ3) is 8.58. The molecule has 1 aliphatic rings. The molecule has 265 valence electrons. The van der Waals surface area contributed by atoms with Crippen LogP contribution in [0.4, 0.5) is 54.0 Å². The van der Waals surface area contributed by atoms with Gasteiger partial charge in [0.1, 0.15) is 0 Å². The maximum Gasteiger partial charge on any atom is 0.462 e. The molecule has 46 heavy (non-hydrogen) atoms. The Morgan fingerprint density at radius 2 is 1.43 bits per heavy atom. The molecule has 8 nitrogen and oxygen atoms in total. The fourth-order valence-corrected chi connectivity index (χ4v) is 27.1. The Balaban J connectivity index is 2.51. The van der Waals surface area contributed by atoms with Gasteiger partial charge in [0.05, 0.1) is 8.07 Å². The van der Waals surface area contributed by atoms with E-state index in [1.54, 1.807) is 19.2 Å². The highest BCUT2D eigenvalue weighted by molar-refractivity contribution is 7.02. The second kappa shape index (κ2) is 14.1. The van der Waals surface area contributed by atoms with Crippen molar-refractivity contribution in [2.45, 2.75) is 81.6 Å². The monoisotopic (exact) mass is 788 g/mol. The number of hydrogen-bond donors (Lipinski definition) is 0. The van der Waals surface area contributed by atoms with Gasteiger partial charge in [0, 0.05) is 12.7 Å². The van der Waals surface area contributed by atoms with Crippen molar-refractivity contribution in [2.24, 2.45) is 0 Å². The molecule has 6 unspecified atom stereocenters. The van der Waals surface area contributed by atoms with Gasteiger partial charge in [0.15, 0.2) is 0 Å². The summed E-state index contributed by atoms with van der Waals surface area (Å²) in [5.74, 6) is -16.6. The van der Waals surface area contributed by atoms with Crippen molar-refractivity contribution in [1.29, 1.82) is 0 Å². The number of hydrogen-bond acceptors (Lipinski definition) is 7. The highest BCUT2D eigenvalue weighted by atomic mass is 28.5. The van der Waals surface area contributed by atoms with Gasteiger partial charge < -0.3 is 25.5 Å². The van der Waals surface area contributed by atoms with Gasteiger partial charge in [-0.15, -0.1) is 0 Å². The Morgan fingerprint density at radius 1 is 0.913 bits per heavy atom. The van der Waals surface area contributed by atoms with Crippen molar-refractivity contribution in [1.82, 2.24) is 0 Å². The molecule has 1 radical (unpaired) electrons. The van der Waals surface area contributed by atoms with E-state index in [2.05, 4.69) is 4.74 Å². The summed E-state index contributed by atoms with van der Waals surface area (Å²) in [7, 11) is -13.0. The van der Waals surface area contributed by atoms with Crippen LogP contribution in [-0.2, 0) is 30.1 Å². The van der Waals surface area contributed by atoms with E-state index in [-0.39, 0.29) is 10.1 Å². The zero-order valence-corrected chi connectivity index (χ0v) is 32.3. The first kappa shape index (κ1) is 41.2. The molecule has 1 aliphatic heterocycles. The Hall–Kier alpha value is -1.02. The van der Waals surface area contributed by atoms with Gasteiger partial charge in [-0.25, -0.2) is 0 Å². The second-order valence-corrected chi connectivity index (χ2v) is 28.2. The van der Waals surface area contributed by atoms with Crippen molar-refractivity contribution < 1.29 is 78.4 Å². The summed E-state index contributed by atoms with van der Waals surface area (Å²) < 4.78 is 180. The first-order valence-corrected chi connectivity index (χ1v) is 26.0. The van der Waals surface area contributed by atoms with E-state index >= 15 is 4.39 Å². The lowest BCUT2D eigenvalue weighted by atomic mass is 10.2. The molecule has 1 aromatic rings. The summed E-state index contributed by atoms with van der Waals surface area (Å²) in [5.41, 5.74) is -0.534. The number of alkyl halides is 11. The van der Waals surface area contributed by atoms with Gasteiger partial charge in [-0.3, -0.25) is 9.53 Å². The number of anilines is 1. The first-order valence-electron chi connectivity index (χ1n) is 13.3. The Morgan fingerprint density at radius 3 is 1.96 bits per heavy atom. The van der Waals surface area contributed by atoms with Crippen LogP contribution in [0.15, 0.2) is 24.3 Å². The van der Waals surface area contributed by atoms with Gasteiger partial charge in [-0.1, -0.05) is 37.3 Å². The van der Waals surface area contributed by atoms with E-state index in [1.807, 2.05) is 33.1 Å². The van der Waals surface area contributed by atoms with Gasteiger partial charge in [0.25, 0.3) is 27.9 Å². The van der Waals surface area contributed by atoms with E-state index < -0.39 is 96.3 Å². The standard InChI is InChI=1S/C21H33F11NO7Si6/c1-13(46(8)39-43(4)37-41-36-42(3)38-44(5)40-46)45(6,7)15-11-9-10-14(12-15)33(2)16(34)17(22,19(25,26)27)35-21(31,32)18(23,24)20(28,29)30/h9-13,41-44H,1-8H3. The van der Waals surface area contributed by atoms with E-state index in [4.69, 9.17) is 20.6 Å². The third-order valence-electron chi connectivity index (χ3n) is 7.46. The molecule has 6 atom stereocenters. The van der Waals surface area contributed by atoms with Crippen LogP contribution in [-0.4, -0.2) is 97.7 Å². The lowest BCUT2D eigenvalue weighted by molar-refractivity contribution is -0.472. The summed E-state index contributed by atoms with van der Waals surface area (Å²) in [6.45, 7) is 12.7. The van der Waals surface area contributed by atoms with Crippen LogP contribution in [0.3, 0.4) is 0 Å². The van der Waals surface area contributed by atoms with Crippen LogP contribution in [0.25, 0.3) is 0 Å². The molecule has 0 aliphatic carbocycles. The third-order valence-corrected chi connectivity index (χ3v) is 30.2. The molecule has 0 aromatic heterocycles. The Kier molecular flexibility index (Phi) is 12.6. The minimum Gasteiger partial charge on any atom is -0.420 e. The van der Waals surface area contributed by atoms with Crippen LogP contribution < -0.4 is 10.1 Å². The normalized spacial score (nSPS) is 26.6. The van der Waals surface area contributed by atoms with Gasteiger partial charge >= 0.3 is 54.7 Å². The van der Waals surface area contributed by atoms with Crippen molar-refractivity contribution in [3.8, 4) is 0 Å². The van der Waals surface area contributed by atoms with Crippen molar-refractivity contribution in [2.75, 3.05) is 11.9 Å². The molecule has 25 heteroatoms. The number of rotatable bonds is 8. The predicted octanol–water partition coefficient (Wildman–Crippen LogP) is 4.52. The van der Waals surface area contributed by atoms with Crippen LogP contribution in [0.5, 0.6) is 0 Å². The van der Waals surface area contributed by atoms with Crippen molar-refractivity contribution in [3.63, 3.8) is 0 Å². The summed E-state index contributed by atoms with van der Waals surface area (Å²) in [4.78, 5) is 12.5. The van der Waals surface area contributed by atoms with E-state index in [0.717, 1.165) is 12.1 Å². The molecule has 1 saturated heterocycles. The summed E-state index contributed by atoms with van der Waals surface area (Å²) in [6.07, 6.45) is -21.1. The summed E-state index contributed by atoms with van der Waals surface area (Å²) in [6, 6.07) is 4.93. The minimum absolute atomic E-state index is 0.163. The molecule has 0 bridgehead atoms. The highest BCUT2D eigenvalue weighted by Gasteiger charge is 2.80. The summed E-state index contributed by atoms with van der Waals surface area (Å²) in [5, 5.41) is 0.0893. The smallest absolute Gasteiger partial charge is 0.420 e. The fourth-order valence-electron chi connectivity index (χ4n) is 4.42. The molecule has 0 spiro atoms. The van der Waals surface area contributed by atoms with E-state index in [0.29, 0.717) is 12.2 Å². The quantitative estimate of drug-likeness (QED) is 0.284. The van der Waals surface area contributed by atoms with Crippen molar-refractivity contribution >= 4 is 71.3 Å². The average Bonchev–Trinajstić information content (AvgIpc) is 2.89. The minimum atomic E-state index is -7.29. The van der Waals surface area contributed by atoms with Gasteiger partial charge in [0.2, 0.25) is 0 Å². The highest BCUT2D eigenvalue weighted by Crippen LogP contribution is 2.51. The number of carbonyl (C=O) groups is 1. The maximum absolute atomic E-state index is 15.1. The number of likely N-dealkylation sites (N-methyl/N-ethyl adjacent to an activating group) is 1. The Labute approximate surface area is 267 Å². The van der Waals surface area contributed by atoms with Crippen LogP contribution in [0.1, 0.15) is 6.92 Å². The maximum atomic E-state index is 15.1. The molecular formula is C21H33F11NO7Si6. The Bertz CT molecular complexity index is 1230. The lowest BCUT2D eigenvalue weighted by Gasteiger charge is -2.44. The molecule has 1 amide bonds. The number of ether oxygens (including phenoxy) is 1. The molecular weight excluding hydrogens is 756 g/mol. The number of carbonyl (C=O) groups excluding carboxylic acids is 1. The largest absolute Gasteiger partial charge is 0.462 e. The topological polar surface area (TPSA) is 75.7 Å². The predicted molar refractivity (Wildman–Crippen MR) is 157 cm³/mol. The molecule has 1 fully saturated rings. The van der Waals surface area contributed by atoms with Crippen LogP contribution >= 0.6 is 0 Å². The molecule has 2 rings (SSSR count). The average molecular weight is 789 g/mol. The second-order valence-electron chi connectivity index (χ2n) is 11.1. The number of benzene rings is 1. The number of halogens is 11. The summed E-state index contributed by atoms with van der Waals surface area (Å²) >= 11 is 0. The number of nitrogens with zero attached hydrogens (tertiary/aromatic N) is 1. The molecule has 1 aromatic carbocycles. The van der Waals surface area contributed by atoms with E-state index in [1.165, 1.54) is 6.07 Å². The molecule has 1 heterocycles. The lowest BCUT2D eigenvalue weighted by Crippen LogP contribution is -2.64. The molecule has 0 saturated carbocycles. The van der Waals surface area contributed by atoms with Crippen LogP contribution in [0, 0.1) is 0 Å². The van der Waals surface area contributed by atoms with E-state index in [9.17, 15) is 48.7 Å². The fraction of sp³-hybridized carbons (Fsp3) is 0.667. The van der Waals surface area contributed by atoms with Gasteiger partial charge in [-0.05, 0) is 43.5 Å². The van der Waals surface area contributed by atoms with Crippen molar-refractivity contribution in [3.05, 3.63) is 24.3 Å². The van der Waals surface area contributed by atoms with Crippen LogP contribution in [0.2, 0.25) is 44.4 Å². The van der Waals surface area contributed by atoms with Gasteiger partial charge in [-0.2, -0.15) is 48.3 Å². The number of amides is 1. The molecule has 0 N–H and O–H groups in total.